The monoisotopic (exact) mass is 204 g/mol. The number of nitrogens with zero attached hydrogens (tertiary/aromatic N) is 2. The van der Waals surface area contributed by atoms with Gasteiger partial charge in [-0.1, -0.05) is 6.07 Å². The van der Waals surface area contributed by atoms with Gasteiger partial charge in [0.05, 0.1) is 6.42 Å². The fraction of sp³-hybridized carbons (Fsp3) is 0.273. The molecule has 1 N–H and O–H groups in total. The number of carboxylic acid groups (broad SMARTS) is 1. The third-order valence-corrected chi connectivity index (χ3v) is 2.39. The van der Waals surface area contributed by atoms with Gasteiger partial charge in [0.2, 0.25) is 0 Å². The number of pyridine rings is 1. The second kappa shape index (κ2) is 3.73. The molecule has 2 rings (SSSR count). The number of aryl methyl sites for hydroxylation is 2. The number of aromatic nitrogens is 2. The van der Waals surface area contributed by atoms with Gasteiger partial charge in [-0.25, -0.2) is 4.98 Å². The number of fused-ring (bicyclic) bond motifs is 1. The first kappa shape index (κ1) is 9.71. The van der Waals surface area contributed by atoms with Gasteiger partial charge in [-0.3, -0.25) is 4.79 Å². The van der Waals surface area contributed by atoms with E-state index in [1.54, 1.807) is 6.20 Å². The Hall–Kier alpha value is -1.84. The van der Waals surface area contributed by atoms with Gasteiger partial charge in [0, 0.05) is 24.0 Å². The van der Waals surface area contributed by atoms with E-state index < -0.39 is 5.97 Å². The van der Waals surface area contributed by atoms with E-state index in [-0.39, 0.29) is 6.42 Å². The zero-order chi connectivity index (χ0) is 10.8. The molecule has 0 aliphatic rings. The van der Waals surface area contributed by atoms with E-state index in [1.165, 1.54) is 0 Å². The number of imidazole rings is 1. The third kappa shape index (κ3) is 1.83. The quantitative estimate of drug-likeness (QED) is 0.827. The van der Waals surface area contributed by atoms with Crippen molar-refractivity contribution in [3.63, 3.8) is 0 Å². The molecule has 0 saturated carbocycles. The van der Waals surface area contributed by atoms with E-state index in [2.05, 4.69) is 4.98 Å². The summed E-state index contributed by atoms with van der Waals surface area (Å²) >= 11 is 0. The molecule has 2 aromatic heterocycles. The van der Waals surface area contributed by atoms with Crippen molar-refractivity contribution in [2.75, 3.05) is 0 Å². The predicted molar refractivity (Wildman–Crippen MR) is 55.9 cm³/mol. The predicted octanol–water partition coefficient (Wildman–Crippen LogP) is 1.66. The highest BCUT2D eigenvalue weighted by molar-refractivity contribution is 5.67. The van der Waals surface area contributed by atoms with E-state index >= 15 is 0 Å². The van der Waals surface area contributed by atoms with Crippen LogP contribution in [0.25, 0.3) is 5.65 Å². The molecule has 0 aliphatic carbocycles. The first-order chi connectivity index (χ1) is 7.18. The normalized spacial score (nSPS) is 10.7. The fourth-order valence-corrected chi connectivity index (χ4v) is 1.69. The molecule has 4 heteroatoms. The molecule has 2 heterocycles. The molecule has 78 valence electrons. The molecule has 0 unspecified atom stereocenters. The van der Waals surface area contributed by atoms with Crippen molar-refractivity contribution >= 4 is 11.6 Å². The van der Waals surface area contributed by atoms with Crippen molar-refractivity contribution in [2.45, 2.75) is 19.8 Å². The van der Waals surface area contributed by atoms with E-state index in [0.29, 0.717) is 6.42 Å². The average molecular weight is 204 g/mol. The van der Waals surface area contributed by atoms with E-state index in [1.807, 2.05) is 29.5 Å². The lowest BCUT2D eigenvalue weighted by Crippen LogP contribution is -2.01. The van der Waals surface area contributed by atoms with Crippen molar-refractivity contribution < 1.29 is 9.90 Å². The largest absolute Gasteiger partial charge is 0.481 e. The van der Waals surface area contributed by atoms with Crippen LogP contribution in [-0.4, -0.2) is 20.5 Å². The maximum atomic E-state index is 10.5. The minimum Gasteiger partial charge on any atom is -0.481 e. The molecule has 4 nitrogen and oxygen atoms in total. The smallest absolute Gasteiger partial charge is 0.303 e. The highest BCUT2D eigenvalue weighted by Crippen LogP contribution is 2.11. The van der Waals surface area contributed by atoms with Crippen molar-refractivity contribution in [1.29, 1.82) is 0 Å². The van der Waals surface area contributed by atoms with Crippen LogP contribution in [0.2, 0.25) is 0 Å². The standard InChI is InChI=1S/C11H12N2O2/c1-8-3-2-4-10-12-7-9(13(8)10)5-6-11(14)15/h2-4,7H,5-6H2,1H3,(H,14,15). The highest BCUT2D eigenvalue weighted by atomic mass is 16.4. The van der Waals surface area contributed by atoms with Gasteiger partial charge in [-0.2, -0.15) is 0 Å². The lowest BCUT2D eigenvalue weighted by atomic mass is 10.2. The number of hydrogen-bond donors (Lipinski definition) is 1. The Bertz CT molecular complexity index is 502. The number of carboxylic acids is 1. The molecule has 0 aromatic carbocycles. The van der Waals surface area contributed by atoms with Gasteiger partial charge >= 0.3 is 5.97 Å². The molecule has 0 spiro atoms. The number of hydrogen-bond acceptors (Lipinski definition) is 2. The minimum absolute atomic E-state index is 0.141. The number of aliphatic carboxylic acids is 1. The van der Waals surface area contributed by atoms with Crippen LogP contribution >= 0.6 is 0 Å². The summed E-state index contributed by atoms with van der Waals surface area (Å²) in [6.07, 6.45) is 2.40. The van der Waals surface area contributed by atoms with Gasteiger partial charge in [0.15, 0.2) is 0 Å². The summed E-state index contributed by atoms with van der Waals surface area (Å²) in [6, 6.07) is 5.84. The van der Waals surface area contributed by atoms with Crippen LogP contribution in [-0.2, 0) is 11.2 Å². The van der Waals surface area contributed by atoms with Crippen molar-refractivity contribution in [1.82, 2.24) is 9.38 Å². The van der Waals surface area contributed by atoms with Crippen molar-refractivity contribution in [2.24, 2.45) is 0 Å². The van der Waals surface area contributed by atoms with E-state index in [4.69, 9.17) is 5.11 Å². The van der Waals surface area contributed by atoms with Gasteiger partial charge in [-0.05, 0) is 19.1 Å². The lowest BCUT2D eigenvalue weighted by molar-refractivity contribution is -0.136. The Morgan fingerprint density at radius 3 is 3.07 bits per heavy atom. The average Bonchev–Trinajstić information content (AvgIpc) is 2.59. The first-order valence-corrected chi connectivity index (χ1v) is 4.82. The van der Waals surface area contributed by atoms with Crippen molar-refractivity contribution in [3.05, 3.63) is 35.8 Å². The summed E-state index contributed by atoms with van der Waals surface area (Å²) in [5.74, 6) is -0.779. The van der Waals surface area contributed by atoms with Crippen LogP contribution in [0.5, 0.6) is 0 Å². The molecule has 0 radical (unpaired) electrons. The molecule has 0 amide bonds. The van der Waals surface area contributed by atoms with Crippen LogP contribution in [0, 0.1) is 6.92 Å². The maximum absolute atomic E-state index is 10.5. The highest BCUT2D eigenvalue weighted by Gasteiger charge is 2.06. The van der Waals surface area contributed by atoms with E-state index in [9.17, 15) is 4.79 Å². The van der Waals surface area contributed by atoms with Gasteiger partial charge in [-0.15, -0.1) is 0 Å². The van der Waals surface area contributed by atoms with Crippen LogP contribution in [0.4, 0.5) is 0 Å². The Balaban J connectivity index is 2.39. The summed E-state index contributed by atoms with van der Waals surface area (Å²) in [4.78, 5) is 14.7. The molecule has 2 aromatic rings. The topological polar surface area (TPSA) is 54.6 Å². The second-order valence-electron chi connectivity index (χ2n) is 3.50. The van der Waals surface area contributed by atoms with Crippen molar-refractivity contribution in [3.8, 4) is 0 Å². The second-order valence-corrected chi connectivity index (χ2v) is 3.50. The molecule has 15 heavy (non-hydrogen) atoms. The minimum atomic E-state index is -0.779. The fourth-order valence-electron chi connectivity index (χ4n) is 1.69. The summed E-state index contributed by atoms with van der Waals surface area (Å²) in [6.45, 7) is 1.99. The molecular formula is C11H12N2O2. The summed E-state index contributed by atoms with van der Waals surface area (Å²) < 4.78 is 1.99. The van der Waals surface area contributed by atoms with E-state index in [0.717, 1.165) is 17.0 Å². The summed E-state index contributed by atoms with van der Waals surface area (Å²) in [5.41, 5.74) is 2.89. The molecule has 0 fully saturated rings. The maximum Gasteiger partial charge on any atom is 0.303 e. The third-order valence-electron chi connectivity index (χ3n) is 2.39. The Kier molecular flexibility index (Phi) is 2.41. The van der Waals surface area contributed by atoms with Gasteiger partial charge < -0.3 is 9.51 Å². The number of rotatable bonds is 3. The first-order valence-electron chi connectivity index (χ1n) is 4.82. The Morgan fingerprint density at radius 1 is 1.53 bits per heavy atom. The van der Waals surface area contributed by atoms with Crippen LogP contribution < -0.4 is 0 Å². The zero-order valence-corrected chi connectivity index (χ0v) is 8.47. The van der Waals surface area contributed by atoms with Crippen LogP contribution in [0.15, 0.2) is 24.4 Å². The molecule has 0 saturated heterocycles. The van der Waals surface area contributed by atoms with Gasteiger partial charge in [0.1, 0.15) is 5.65 Å². The molecular weight excluding hydrogens is 192 g/mol. The molecule has 0 aliphatic heterocycles. The molecule has 0 atom stereocenters. The summed E-state index contributed by atoms with van der Waals surface area (Å²) in [7, 11) is 0. The zero-order valence-electron chi connectivity index (χ0n) is 8.47. The Morgan fingerprint density at radius 2 is 2.33 bits per heavy atom. The van der Waals surface area contributed by atoms with Gasteiger partial charge in [0.25, 0.3) is 0 Å². The lowest BCUT2D eigenvalue weighted by Gasteiger charge is -2.03. The summed E-state index contributed by atoms with van der Waals surface area (Å²) in [5, 5.41) is 8.62. The van der Waals surface area contributed by atoms with Crippen LogP contribution in [0.3, 0.4) is 0 Å². The number of carbonyl (C=O) groups is 1. The SMILES string of the molecule is Cc1cccc2ncc(CCC(=O)O)n12. The Labute approximate surface area is 87.2 Å². The molecule has 0 bridgehead atoms. The van der Waals surface area contributed by atoms with Crippen LogP contribution in [0.1, 0.15) is 17.8 Å².